The van der Waals surface area contributed by atoms with Gasteiger partial charge in [0.1, 0.15) is 0 Å². The van der Waals surface area contributed by atoms with Crippen molar-refractivity contribution in [3.05, 3.63) is 29.3 Å². The van der Waals surface area contributed by atoms with Gasteiger partial charge in [0.25, 0.3) is 0 Å². The van der Waals surface area contributed by atoms with Gasteiger partial charge < -0.3 is 5.32 Å². The second-order valence-corrected chi connectivity index (χ2v) is 8.75. The van der Waals surface area contributed by atoms with E-state index in [9.17, 15) is 4.79 Å². The van der Waals surface area contributed by atoms with E-state index in [2.05, 4.69) is 5.32 Å². The molecule has 1 aromatic rings. The molecule has 122 valence electrons. The first-order valence-corrected chi connectivity index (χ1v) is 9.40. The molecule has 4 heteroatoms. The topological polar surface area (TPSA) is 29.1 Å². The number of rotatable bonds is 6. The number of amides is 1. The summed E-state index contributed by atoms with van der Waals surface area (Å²) in [5, 5.41) is 3.84. The van der Waals surface area contributed by atoms with Gasteiger partial charge in [-0.25, -0.2) is 0 Å². The summed E-state index contributed by atoms with van der Waals surface area (Å²) in [6, 6.07) is 7.65. The van der Waals surface area contributed by atoms with Crippen LogP contribution in [-0.2, 0) is 4.79 Å². The Balaban J connectivity index is 1.78. The first kappa shape index (κ1) is 17.7. The van der Waals surface area contributed by atoms with E-state index in [1.807, 2.05) is 38.1 Å². The van der Waals surface area contributed by atoms with Crippen molar-refractivity contribution in [1.82, 2.24) is 5.32 Å². The summed E-state index contributed by atoms with van der Waals surface area (Å²) >= 11 is 7.48. The van der Waals surface area contributed by atoms with Gasteiger partial charge in [0.2, 0.25) is 5.91 Å². The summed E-state index contributed by atoms with van der Waals surface area (Å²) in [5.74, 6) is 0.921. The number of carbonyl (C=O) groups is 1. The summed E-state index contributed by atoms with van der Waals surface area (Å²) in [6.45, 7) is 4.75. The second-order valence-electron chi connectivity index (χ2n) is 6.61. The molecule has 0 unspecified atom stereocenters. The van der Waals surface area contributed by atoms with E-state index in [-0.39, 0.29) is 5.91 Å². The van der Waals surface area contributed by atoms with Gasteiger partial charge in [-0.05, 0) is 50.5 Å². The maximum absolute atomic E-state index is 12.4. The van der Waals surface area contributed by atoms with Crippen LogP contribution >= 0.6 is 23.4 Å². The SMILES string of the molecule is CC(C)(Sc1ccc(Cl)cc1)C(=O)NCCC1CCCCC1. The van der Waals surface area contributed by atoms with Crippen LogP contribution in [0.15, 0.2) is 29.2 Å². The molecule has 1 aliphatic carbocycles. The predicted molar refractivity (Wildman–Crippen MR) is 95.6 cm³/mol. The van der Waals surface area contributed by atoms with Crippen LogP contribution in [0.4, 0.5) is 0 Å². The third kappa shape index (κ3) is 5.51. The Hall–Kier alpha value is -0.670. The number of benzene rings is 1. The number of nitrogens with one attached hydrogen (secondary N) is 1. The fraction of sp³-hybridized carbons (Fsp3) is 0.611. The van der Waals surface area contributed by atoms with Crippen molar-refractivity contribution in [2.24, 2.45) is 5.92 Å². The zero-order valence-corrected chi connectivity index (χ0v) is 15.1. The molecule has 0 spiro atoms. The Labute approximate surface area is 143 Å². The van der Waals surface area contributed by atoms with Crippen molar-refractivity contribution in [2.45, 2.75) is 62.0 Å². The Morgan fingerprint density at radius 2 is 1.86 bits per heavy atom. The molecule has 0 bridgehead atoms. The highest BCUT2D eigenvalue weighted by Crippen LogP contribution is 2.33. The van der Waals surface area contributed by atoms with Crippen LogP contribution in [-0.4, -0.2) is 17.2 Å². The summed E-state index contributed by atoms with van der Waals surface area (Å²) in [5.41, 5.74) is 0. The molecule has 0 heterocycles. The molecule has 1 aliphatic rings. The maximum Gasteiger partial charge on any atom is 0.236 e. The van der Waals surface area contributed by atoms with Gasteiger partial charge >= 0.3 is 0 Å². The molecule has 1 fully saturated rings. The molecular formula is C18H26ClNOS. The van der Waals surface area contributed by atoms with Gasteiger partial charge in [0.15, 0.2) is 0 Å². The second kappa shape index (κ2) is 8.26. The van der Waals surface area contributed by atoms with Crippen LogP contribution in [0.2, 0.25) is 5.02 Å². The fourth-order valence-corrected chi connectivity index (χ4v) is 4.07. The van der Waals surface area contributed by atoms with Crippen LogP contribution in [0.1, 0.15) is 52.4 Å². The Morgan fingerprint density at radius 3 is 2.50 bits per heavy atom. The quantitative estimate of drug-likeness (QED) is 0.713. The van der Waals surface area contributed by atoms with Crippen molar-refractivity contribution in [3.8, 4) is 0 Å². The number of thioether (sulfide) groups is 1. The average Bonchev–Trinajstić information content (AvgIpc) is 2.50. The van der Waals surface area contributed by atoms with Crippen LogP contribution in [0.3, 0.4) is 0 Å². The zero-order valence-electron chi connectivity index (χ0n) is 13.5. The van der Waals surface area contributed by atoms with Crippen molar-refractivity contribution in [1.29, 1.82) is 0 Å². The van der Waals surface area contributed by atoms with Gasteiger partial charge in [0.05, 0.1) is 4.75 Å². The normalized spacial score (nSPS) is 16.5. The molecule has 22 heavy (non-hydrogen) atoms. The lowest BCUT2D eigenvalue weighted by Crippen LogP contribution is -2.40. The minimum atomic E-state index is -0.472. The van der Waals surface area contributed by atoms with E-state index < -0.39 is 4.75 Å². The smallest absolute Gasteiger partial charge is 0.236 e. The third-order valence-corrected chi connectivity index (χ3v) is 5.75. The van der Waals surface area contributed by atoms with E-state index in [1.165, 1.54) is 32.1 Å². The Morgan fingerprint density at radius 1 is 1.23 bits per heavy atom. The standard InChI is InChI=1S/C18H26ClNOS/c1-18(2,22-16-10-8-15(19)9-11-16)17(21)20-13-12-14-6-4-3-5-7-14/h8-11,14H,3-7,12-13H2,1-2H3,(H,20,21). The van der Waals surface area contributed by atoms with Gasteiger partial charge in [-0.2, -0.15) is 0 Å². The summed E-state index contributed by atoms with van der Waals surface area (Å²) in [7, 11) is 0. The zero-order chi connectivity index (χ0) is 16.0. The van der Waals surface area contributed by atoms with Crippen molar-refractivity contribution in [3.63, 3.8) is 0 Å². The lowest BCUT2D eigenvalue weighted by molar-refractivity contribution is -0.122. The molecule has 1 aromatic carbocycles. The Bertz CT molecular complexity index is 480. The molecule has 0 aliphatic heterocycles. The van der Waals surface area contributed by atoms with Crippen molar-refractivity contribution in [2.75, 3.05) is 6.54 Å². The van der Waals surface area contributed by atoms with Crippen molar-refractivity contribution < 1.29 is 4.79 Å². The van der Waals surface area contributed by atoms with Crippen LogP contribution < -0.4 is 5.32 Å². The molecule has 0 atom stereocenters. The van der Waals surface area contributed by atoms with Gasteiger partial charge in [0, 0.05) is 16.5 Å². The average molecular weight is 340 g/mol. The summed E-state index contributed by atoms with van der Waals surface area (Å²) in [6.07, 6.45) is 7.88. The van der Waals surface area contributed by atoms with E-state index in [4.69, 9.17) is 11.6 Å². The maximum atomic E-state index is 12.4. The molecule has 1 saturated carbocycles. The monoisotopic (exact) mass is 339 g/mol. The minimum absolute atomic E-state index is 0.114. The lowest BCUT2D eigenvalue weighted by Gasteiger charge is -2.25. The van der Waals surface area contributed by atoms with Crippen LogP contribution in [0.25, 0.3) is 0 Å². The summed E-state index contributed by atoms with van der Waals surface area (Å²) in [4.78, 5) is 13.5. The first-order chi connectivity index (χ1) is 10.5. The summed E-state index contributed by atoms with van der Waals surface area (Å²) < 4.78 is -0.472. The lowest BCUT2D eigenvalue weighted by atomic mass is 9.87. The molecule has 1 N–H and O–H groups in total. The molecule has 0 aromatic heterocycles. The number of halogens is 1. The number of carbonyl (C=O) groups excluding carboxylic acids is 1. The molecule has 0 radical (unpaired) electrons. The van der Waals surface area contributed by atoms with Crippen molar-refractivity contribution >= 4 is 29.3 Å². The van der Waals surface area contributed by atoms with Gasteiger partial charge in [-0.1, -0.05) is 43.7 Å². The number of hydrogen-bond donors (Lipinski definition) is 1. The number of hydrogen-bond acceptors (Lipinski definition) is 2. The van der Waals surface area contributed by atoms with E-state index in [1.54, 1.807) is 11.8 Å². The Kier molecular flexibility index (Phi) is 6.64. The first-order valence-electron chi connectivity index (χ1n) is 8.20. The van der Waals surface area contributed by atoms with Gasteiger partial charge in [-0.3, -0.25) is 4.79 Å². The van der Waals surface area contributed by atoms with E-state index in [0.717, 1.165) is 28.8 Å². The van der Waals surface area contributed by atoms with E-state index in [0.29, 0.717) is 0 Å². The minimum Gasteiger partial charge on any atom is -0.355 e. The molecule has 2 nitrogen and oxygen atoms in total. The molecule has 1 amide bonds. The van der Waals surface area contributed by atoms with Gasteiger partial charge in [-0.15, -0.1) is 11.8 Å². The molecule has 2 rings (SSSR count). The highest BCUT2D eigenvalue weighted by atomic mass is 35.5. The highest BCUT2D eigenvalue weighted by Gasteiger charge is 2.28. The van der Waals surface area contributed by atoms with Crippen LogP contribution in [0, 0.1) is 5.92 Å². The largest absolute Gasteiger partial charge is 0.355 e. The predicted octanol–water partition coefficient (Wildman–Crippen LogP) is 5.30. The van der Waals surface area contributed by atoms with E-state index >= 15 is 0 Å². The molecule has 0 saturated heterocycles. The van der Waals surface area contributed by atoms with Crippen LogP contribution in [0.5, 0.6) is 0 Å². The fourth-order valence-electron chi connectivity index (χ4n) is 2.92. The highest BCUT2D eigenvalue weighted by molar-refractivity contribution is 8.01. The molecular weight excluding hydrogens is 314 g/mol. The third-order valence-electron chi connectivity index (χ3n) is 4.30.